The summed E-state index contributed by atoms with van der Waals surface area (Å²) in [4.78, 5) is 23.4. The van der Waals surface area contributed by atoms with Crippen molar-refractivity contribution in [3.05, 3.63) is 53.7 Å². The Bertz CT molecular complexity index is 835. The lowest BCUT2D eigenvalue weighted by Crippen LogP contribution is -2.41. The van der Waals surface area contributed by atoms with Crippen molar-refractivity contribution in [2.45, 2.75) is 19.0 Å². The van der Waals surface area contributed by atoms with Gasteiger partial charge in [0.2, 0.25) is 0 Å². The molecule has 150 valence electrons. The number of amides is 1. The molecule has 0 spiro atoms. The SMILES string of the molecule is CN(CC1CCN(C(=O)c2ccncc2F)CC1)c1cc(C(F)(F)F)ccn1. The van der Waals surface area contributed by atoms with Crippen LogP contribution in [0.1, 0.15) is 28.8 Å². The lowest BCUT2D eigenvalue weighted by molar-refractivity contribution is -0.137. The van der Waals surface area contributed by atoms with E-state index in [2.05, 4.69) is 9.97 Å². The van der Waals surface area contributed by atoms with Crippen LogP contribution in [-0.2, 0) is 6.18 Å². The zero-order valence-corrected chi connectivity index (χ0v) is 15.3. The van der Waals surface area contributed by atoms with Crippen LogP contribution >= 0.6 is 0 Å². The average molecular weight is 396 g/mol. The molecule has 2 aromatic rings. The van der Waals surface area contributed by atoms with Crippen LogP contribution in [0.2, 0.25) is 0 Å². The van der Waals surface area contributed by atoms with Crippen LogP contribution in [0.15, 0.2) is 36.8 Å². The first-order valence-electron chi connectivity index (χ1n) is 8.89. The maximum Gasteiger partial charge on any atom is 0.416 e. The Labute approximate surface area is 160 Å². The number of hydrogen-bond acceptors (Lipinski definition) is 4. The summed E-state index contributed by atoms with van der Waals surface area (Å²) in [6.07, 6.45) is 0.492. The summed E-state index contributed by atoms with van der Waals surface area (Å²) in [6, 6.07) is 3.33. The van der Waals surface area contributed by atoms with Gasteiger partial charge in [0.15, 0.2) is 5.82 Å². The number of rotatable bonds is 4. The van der Waals surface area contributed by atoms with Crippen LogP contribution in [0, 0.1) is 11.7 Å². The van der Waals surface area contributed by atoms with E-state index < -0.39 is 17.6 Å². The standard InChI is InChI=1S/C19H20F4N4O/c1-26(17-10-14(2-7-25-17)19(21,22)23)12-13-4-8-27(9-5-13)18(28)15-3-6-24-11-16(15)20/h2-3,6-7,10-11,13H,4-5,8-9,12H2,1H3. The molecule has 0 N–H and O–H groups in total. The van der Waals surface area contributed by atoms with Crippen molar-refractivity contribution >= 4 is 11.7 Å². The van der Waals surface area contributed by atoms with Gasteiger partial charge in [0.05, 0.1) is 17.3 Å². The largest absolute Gasteiger partial charge is 0.416 e. The highest BCUT2D eigenvalue weighted by Crippen LogP contribution is 2.31. The van der Waals surface area contributed by atoms with Gasteiger partial charge < -0.3 is 9.80 Å². The highest BCUT2D eigenvalue weighted by atomic mass is 19.4. The molecule has 5 nitrogen and oxygen atoms in total. The second-order valence-electron chi connectivity index (χ2n) is 6.87. The van der Waals surface area contributed by atoms with E-state index >= 15 is 0 Å². The molecule has 0 atom stereocenters. The summed E-state index contributed by atoms with van der Waals surface area (Å²) in [5.74, 6) is -0.559. The molecule has 2 aromatic heterocycles. The van der Waals surface area contributed by atoms with Gasteiger partial charge in [0, 0.05) is 39.1 Å². The van der Waals surface area contributed by atoms with E-state index in [1.54, 1.807) is 16.8 Å². The van der Waals surface area contributed by atoms with Crippen LogP contribution < -0.4 is 4.90 Å². The lowest BCUT2D eigenvalue weighted by atomic mass is 9.95. The highest BCUT2D eigenvalue weighted by Gasteiger charge is 2.31. The van der Waals surface area contributed by atoms with E-state index in [4.69, 9.17) is 0 Å². The molecule has 1 fully saturated rings. The molecule has 1 saturated heterocycles. The predicted octanol–water partition coefficient (Wildman–Crippen LogP) is 3.62. The van der Waals surface area contributed by atoms with E-state index in [-0.39, 0.29) is 23.2 Å². The van der Waals surface area contributed by atoms with Crippen molar-refractivity contribution < 1.29 is 22.4 Å². The van der Waals surface area contributed by atoms with Crippen LogP contribution in [-0.4, -0.2) is 47.5 Å². The first-order chi connectivity index (χ1) is 13.3. The van der Waals surface area contributed by atoms with Crippen molar-refractivity contribution in [1.82, 2.24) is 14.9 Å². The maximum atomic E-state index is 13.7. The monoisotopic (exact) mass is 396 g/mol. The van der Waals surface area contributed by atoms with Crippen molar-refractivity contribution in [3.8, 4) is 0 Å². The Balaban J connectivity index is 1.57. The third-order valence-corrected chi connectivity index (χ3v) is 4.90. The van der Waals surface area contributed by atoms with Crippen molar-refractivity contribution in [2.24, 2.45) is 5.92 Å². The number of anilines is 1. The van der Waals surface area contributed by atoms with Gasteiger partial charge in [-0.1, -0.05) is 0 Å². The molecule has 3 heterocycles. The summed E-state index contributed by atoms with van der Waals surface area (Å²) in [7, 11) is 1.70. The molecule has 0 aliphatic carbocycles. The molecule has 3 rings (SSSR count). The second-order valence-corrected chi connectivity index (χ2v) is 6.87. The normalized spacial score (nSPS) is 15.5. The number of aromatic nitrogens is 2. The van der Waals surface area contributed by atoms with Gasteiger partial charge in [-0.05, 0) is 37.0 Å². The smallest absolute Gasteiger partial charge is 0.359 e. The molecular formula is C19H20F4N4O. The number of carbonyl (C=O) groups excluding carboxylic acids is 1. The zero-order chi connectivity index (χ0) is 20.3. The Kier molecular flexibility index (Phi) is 5.81. The van der Waals surface area contributed by atoms with Crippen molar-refractivity contribution in [1.29, 1.82) is 0 Å². The molecule has 0 aromatic carbocycles. The molecule has 0 saturated carbocycles. The molecule has 0 unspecified atom stereocenters. The van der Waals surface area contributed by atoms with E-state index in [0.717, 1.165) is 24.5 Å². The predicted molar refractivity (Wildman–Crippen MR) is 95.3 cm³/mol. The van der Waals surface area contributed by atoms with Crippen molar-refractivity contribution in [2.75, 3.05) is 31.6 Å². The molecule has 28 heavy (non-hydrogen) atoms. The van der Waals surface area contributed by atoms with E-state index in [9.17, 15) is 22.4 Å². The molecule has 0 radical (unpaired) electrons. The fourth-order valence-electron chi connectivity index (χ4n) is 3.32. The van der Waals surface area contributed by atoms with Gasteiger partial charge >= 0.3 is 6.18 Å². The number of hydrogen-bond donors (Lipinski definition) is 0. The van der Waals surface area contributed by atoms with Crippen LogP contribution in [0.4, 0.5) is 23.4 Å². The third-order valence-electron chi connectivity index (χ3n) is 4.90. The third kappa shape index (κ3) is 4.58. The molecule has 9 heteroatoms. The summed E-state index contributed by atoms with van der Waals surface area (Å²) >= 11 is 0. The van der Waals surface area contributed by atoms with Gasteiger partial charge in [0.25, 0.3) is 5.91 Å². The number of halogens is 4. The minimum absolute atomic E-state index is 0.00117. The van der Waals surface area contributed by atoms with Crippen LogP contribution in [0.25, 0.3) is 0 Å². The highest BCUT2D eigenvalue weighted by molar-refractivity contribution is 5.94. The van der Waals surface area contributed by atoms with Gasteiger partial charge in [-0.2, -0.15) is 13.2 Å². The summed E-state index contributed by atoms with van der Waals surface area (Å²) < 4.78 is 52.3. The topological polar surface area (TPSA) is 49.3 Å². The first kappa shape index (κ1) is 20.0. The van der Waals surface area contributed by atoms with Gasteiger partial charge in [-0.25, -0.2) is 9.37 Å². The fourth-order valence-corrected chi connectivity index (χ4v) is 3.32. The second kappa shape index (κ2) is 8.12. The van der Waals surface area contributed by atoms with Gasteiger partial charge in [-0.15, -0.1) is 0 Å². The molecule has 1 amide bonds. The Morgan fingerprint density at radius 1 is 1.25 bits per heavy atom. The van der Waals surface area contributed by atoms with Gasteiger partial charge in [0.1, 0.15) is 5.82 Å². The lowest BCUT2D eigenvalue weighted by Gasteiger charge is -2.34. The van der Waals surface area contributed by atoms with E-state index in [1.807, 2.05) is 0 Å². The fraction of sp³-hybridized carbons (Fsp3) is 0.421. The van der Waals surface area contributed by atoms with Crippen LogP contribution in [0.3, 0.4) is 0 Å². The number of likely N-dealkylation sites (tertiary alicyclic amines) is 1. The minimum atomic E-state index is -4.41. The zero-order valence-electron chi connectivity index (χ0n) is 15.3. The Morgan fingerprint density at radius 2 is 1.96 bits per heavy atom. The molecule has 1 aliphatic rings. The quantitative estimate of drug-likeness (QED) is 0.741. The number of alkyl halides is 3. The molecular weight excluding hydrogens is 376 g/mol. The van der Waals surface area contributed by atoms with E-state index in [0.29, 0.717) is 32.5 Å². The maximum absolute atomic E-state index is 13.7. The summed E-state index contributed by atoms with van der Waals surface area (Å²) in [5.41, 5.74) is -0.733. The molecule has 0 bridgehead atoms. The van der Waals surface area contributed by atoms with Gasteiger partial charge in [-0.3, -0.25) is 9.78 Å². The van der Waals surface area contributed by atoms with Crippen molar-refractivity contribution in [3.63, 3.8) is 0 Å². The summed E-state index contributed by atoms with van der Waals surface area (Å²) in [6.45, 7) is 1.46. The first-order valence-corrected chi connectivity index (χ1v) is 8.89. The van der Waals surface area contributed by atoms with Crippen LogP contribution in [0.5, 0.6) is 0 Å². The number of piperidine rings is 1. The molecule has 1 aliphatic heterocycles. The minimum Gasteiger partial charge on any atom is -0.359 e. The Hall–Kier alpha value is -2.71. The summed E-state index contributed by atoms with van der Waals surface area (Å²) in [5, 5.41) is 0. The Morgan fingerprint density at radius 3 is 2.61 bits per heavy atom. The van der Waals surface area contributed by atoms with E-state index in [1.165, 1.54) is 12.3 Å². The number of carbonyl (C=O) groups is 1. The average Bonchev–Trinajstić information content (AvgIpc) is 2.68. The number of pyridine rings is 2. The number of nitrogens with zero attached hydrogens (tertiary/aromatic N) is 4.